The Balaban J connectivity index is 2.37. The van der Waals surface area contributed by atoms with Crippen LogP contribution in [0.3, 0.4) is 0 Å². The highest BCUT2D eigenvalue weighted by Crippen LogP contribution is 2.29. The summed E-state index contributed by atoms with van der Waals surface area (Å²) in [5.41, 5.74) is 1.31. The molecule has 0 amide bonds. The van der Waals surface area contributed by atoms with Gasteiger partial charge in [0.1, 0.15) is 5.75 Å². The Labute approximate surface area is 97.2 Å². The summed E-state index contributed by atoms with van der Waals surface area (Å²) in [6.45, 7) is 2.47. The molecule has 0 aliphatic heterocycles. The Bertz CT molecular complexity index is 545. The van der Waals surface area contributed by atoms with Crippen LogP contribution in [0.1, 0.15) is 6.92 Å². The second-order valence-corrected chi connectivity index (χ2v) is 3.64. The molecule has 84 valence electrons. The molecule has 0 bridgehead atoms. The number of H-pyrrole nitrogens is 2. The zero-order chi connectivity index (χ0) is 11.5. The minimum atomic E-state index is -0.236. The van der Waals surface area contributed by atoms with E-state index in [0.717, 1.165) is 5.56 Å². The molecule has 0 saturated carbocycles. The molecule has 1 aromatic carbocycles. The summed E-state index contributed by atoms with van der Waals surface area (Å²) in [5, 5.41) is 0.529. The van der Waals surface area contributed by atoms with Crippen LogP contribution in [-0.2, 0) is 0 Å². The Morgan fingerprint density at radius 3 is 2.81 bits per heavy atom. The highest BCUT2D eigenvalue weighted by atomic mass is 35.5. The fourth-order valence-corrected chi connectivity index (χ4v) is 1.66. The lowest BCUT2D eigenvalue weighted by molar-refractivity contribution is 0.340. The van der Waals surface area contributed by atoms with Gasteiger partial charge in [-0.05, 0) is 25.1 Å². The SMILES string of the molecule is CCOc1ccc(-c2c[nH]c(=O)[nH]2)cc1Cl. The molecule has 0 saturated heterocycles. The number of benzene rings is 1. The average Bonchev–Trinajstić information content (AvgIpc) is 2.68. The van der Waals surface area contributed by atoms with Crippen LogP contribution < -0.4 is 10.4 Å². The summed E-state index contributed by atoms with van der Waals surface area (Å²) < 4.78 is 5.32. The summed E-state index contributed by atoms with van der Waals surface area (Å²) in [7, 11) is 0. The van der Waals surface area contributed by atoms with Crippen molar-refractivity contribution in [2.24, 2.45) is 0 Å². The molecule has 0 spiro atoms. The topological polar surface area (TPSA) is 57.9 Å². The van der Waals surface area contributed by atoms with Gasteiger partial charge in [0.15, 0.2) is 0 Å². The van der Waals surface area contributed by atoms with Crippen LogP contribution in [0.4, 0.5) is 0 Å². The van der Waals surface area contributed by atoms with Crippen molar-refractivity contribution in [1.82, 2.24) is 9.97 Å². The van der Waals surface area contributed by atoms with Gasteiger partial charge >= 0.3 is 5.69 Å². The van der Waals surface area contributed by atoms with Crippen molar-refractivity contribution in [2.45, 2.75) is 6.92 Å². The third kappa shape index (κ3) is 2.12. The molecular weight excluding hydrogens is 228 g/mol. The maximum Gasteiger partial charge on any atom is 0.323 e. The lowest BCUT2D eigenvalue weighted by Gasteiger charge is -2.06. The number of nitrogens with one attached hydrogen (secondary N) is 2. The second kappa shape index (κ2) is 4.45. The quantitative estimate of drug-likeness (QED) is 0.863. The molecular formula is C11H11ClN2O2. The van der Waals surface area contributed by atoms with Crippen molar-refractivity contribution in [2.75, 3.05) is 6.61 Å². The summed E-state index contributed by atoms with van der Waals surface area (Å²) in [6, 6.07) is 5.38. The highest BCUT2D eigenvalue weighted by Gasteiger charge is 2.05. The first-order valence-electron chi connectivity index (χ1n) is 4.91. The van der Waals surface area contributed by atoms with Crippen molar-refractivity contribution in [3.05, 3.63) is 39.9 Å². The molecule has 0 atom stereocenters. The van der Waals surface area contributed by atoms with Gasteiger partial charge in [-0.25, -0.2) is 4.79 Å². The Morgan fingerprint density at radius 1 is 1.44 bits per heavy atom. The predicted molar refractivity (Wildman–Crippen MR) is 63.0 cm³/mol. The van der Waals surface area contributed by atoms with E-state index in [9.17, 15) is 4.79 Å². The monoisotopic (exact) mass is 238 g/mol. The van der Waals surface area contributed by atoms with Gasteiger partial charge in [0.2, 0.25) is 0 Å². The van der Waals surface area contributed by atoms with Crippen molar-refractivity contribution >= 4 is 11.6 Å². The smallest absolute Gasteiger partial charge is 0.323 e. The largest absolute Gasteiger partial charge is 0.492 e. The van der Waals surface area contributed by atoms with E-state index < -0.39 is 0 Å². The van der Waals surface area contributed by atoms with Crippen molar-refractivity contribution in [1.29, 1.82) is 0 Å². The molecule has 0 aliphatic carbocycles. The first kappa shape index (κ1) is 10.8. The van der Waals surface area contributed by atoms with Gasteiger partial charge in [0.25, 0.3) is 0 Å². The number of ether oxygens (including phenoxy) is 1. The van der Waals surface area contributed by atoms with Gasteiger partial charge < -0.3 is 14.7 Å². The third-order valence-electron chi connectivity index (χ3n) is 2.14. The van der Waals surface area contributed by atoms with Gasteiger partial charge in [-0.15, -0.1) is 0 Å². The van der Waals surface area contributed by atoms with Crippen LogP contribution in [0.2, 0.25) is 5.02 Å². The average molecular weight is 239 g/mol. The molecule has 0 aliphatic rings. The molecule has 5 heteroatoms. The standard InChI is InChI=1S/C11H11ClN2O2/c1-2-16-10-4-3-7(5-8(10)12)9-6-13-11(15)14-9/h3-6H,2H2,1H3,(H2,13,14,15). The van der Waals surface area contributed by atoms with E-state index in [-0.39, 0.29) is 5.69 Å². The number of hydrogen-bond donors (Lipinski definition) is 2. The Hall–Kier alpha value is -1.68. The molecule has 0 fully saturated rings. The zero-order valence-electron chi connectivity index (χ0n) is 8.71. The van der Waals surface area contributed by atoms with E-state index in [1.807, 2.05) is 13.0 Å². The highest BCUT2D eigenvalue weighted by molar-refractivity contribution is 6.32. The molecule has 2 rings (SSSR count). The van der Waals surface area contributed by atoms with Gasteiger partial charge in [0.05, 0.1) is 17.3 Å². The molecule has 2 aromatic rings. The lowest BCUT2D eigenvalue weighted by atomic mass is 10.1. The number of imidazole rings is 1. The fraction of sp³-hybridized carbons (Fsp3) is 0.182. The normalized spacial score (nSPS) is 10.4. The van der Waals surface area contributed by atoms with Crippen molar-refractivity contribution in [3.8, 4) is 17.0 Å². The first-order chi connectivity index (χ1) is 7.70. The third-order valence-corrected chi connectivity index (χ3v) is 2.43. The van der Waals surface area contributed by atoms with E-state index in [0.29, 0.717) is 23.1 Å². The summed E-state index contributed by atoms with van der Waals surface area (Å²) in [6.07, 6.45) is 1.61. The number of aromatic nitrogens is 2. The maximum atomic E-state index is 10.9. The van der Waals surface area contributed by atoms with E-state index >= 15 is 0 Å². The van der Waals surface area contributed by atoms with Crippen LogP contribution in [0, 0.1) is 0 Å². The molecule has 0 unspecified atom stereocenters. The summed E-state index contributed by atoms with van der Waals surface area (Å²) >= 11 is 6.04. The van der Waals surface area contributed by atoms with Crippen molar-refractivity contribution in [3.63, 3.8) is 0 Å². The van der Waals surface area contributed by atoms with Crippen LogP contribution in [0.15, 0.2) is 29.2 Å². The minimum Gasteiger partial charge on any atom is -0.492 e. The van der Waals surface area contributed by atoms with Gasteiger partial charge in [-0.1, -0.05) is 11.6 Å². The summed E-state index contributed by atoms with van der Waals surface area (Å²) in [5.74, 6) is 0.644. The van der Waals surface area contributed by atoms with Crippen LogP contribution >= 0.6 is 11.6 Å². The second-order valence-electron chi connectivity index (χ2n) is 3.23. The number of rotatable bonds is 3. The summed E-state index contributed by atoms with van der Waals surface area (Å²) in [4.78, 5) is 16.2. The van der Waals surface area contributed by atoms with Gasteiger partial charge in [-0.2, -0.15) is 0 Å². The van der Waals surface area contributed by atoms with E-state index in [1.165, 1.54) is 0 Å². The maximum absolute atomic E-state index is 10.9. The number of aromatic amines is 2. The van der Waals surface area contributed by atoms with E-state index in [4.69, 9.17) is 16.3 Å². The van der Waals surface area contributed by atoms with Crippen molar-refractivity contribution < 1.29 is 4.74 Å². The van der Waals surface area contributed by atoms with Crippen LogP contribution in [-0.4, -0.2) is 16.6 Å². The Kier molecular flexibility index (Phi) is 3.01. The van der Waals surface area contributed by atoms with E-state index in [1.54, 1.807) is 18.3 Å². The molecule has 2 N–H and O–H groups in total. The van der Waals surface area contributed by atoms with E-state index in [2.05, 4.69) is 9.97 Å². The predicted octanol–water partition coefficient (Wildman–Crippen LogP) is 2.42. The molecule has 4 nitrogen and oxygen atoms in total. The number of hydrogen-bond acceptors (Lipinski definition) is 2. The van der Waals surface area contributed by atoms with Crippen LogP contribution in [0.5, 0.6) is 5.75 Å². The lowest BCUT2D eigenvalue weighted by Crippen LogP contribution is -2.00. The van der Waals surface area contributed by atoms with Gasteiger partial charge in [0, 0.05) is 11.8 Å². The minimum absolute atomic E-state index is 0.236. The fourth-order valence-electron chi connectivity index (χ4n) is 1.43. The molecule has 16 heavy (non-hydrogen) atoms. The number of halogens is 1. The van der Waals surface area contributed by atoms with Gasteiger partial charge in [-0.3, -0.25) is 0 Å². The van der Waals surface area contributed by atoms with Crippen LogP contribution in [0.25, 0.3) is 11.3 Å². The molecule has 1 aromatic heterocycles. The molecule has 0 radical (unpaired) electrons. The first-order valence-corrected chi connectivity index (χ1v) is 5.29. The Morgan fingerprint density at radius 2 is 2.25 bits per heavy atom. The zero-order valence-corrected chi connectivity index (χ0v) is 9.47. The molecule has 1 heterocycles.